The highest BCUT2D eigenvalue weighted by molar-refractivity contribution is 4.68. The van der Waals surface area contributed by atoms with Crippen LogP contribution in [0.2, 0.25) is 0 Å². The van der Waals surface area contributed by atoms with Crippen molar-refractivity contribution in [3.63, 3.8) is 0 Å². The molecule has 2 aliphatic rings. The summed E-state index contributed by atoms with van der Waals surface area (Å²) in [6, 6.07) is 0. The molecule has 2 rings (SSSR count). The van der Waals surface area contributed by atoms with Gasteiger partial charge in [0, 0.05) is 13.2 Å². The molecule has 0 N–H and O–H groups in total. The van der Waals surface area contributed by atoms with E-state index in [2.05, 4.69) is 0 Å². The third-order valence-electron chi connectivity index (χ3n) is 4.29. The fourth-order valence-electron chi connectivity index (χ4n) is 3.20. The maximum atomic E-state index is 5.76. The van der Waals surface area contributed by atoms with Crippen molar-refractivity contribution in [2.75, 3.05) is 13.2 Å². The fourth-order valence-corrected chi connectivity index (χ4v) is 3.20. The molecule has 0 bridgehead atoms. The van der Waals surface area contributed by atoms with Crippen molar-refractivity contribution in [1.82, 2.24) is 0 Å². The molecule has 2 saturated carbocycles. The monoisotopic (exact) mass is 210 g/mol. The minimum Gasteiger partial charge on any atom is -0.381 e. The van der Waals surface area contributed by atoms with Crippen molar-refractivity contribution < 1.29 is 4.74 Å². The average Bonchev–Trinajstić information content (AvgIpc) is 2.88. The van der Waals surface area contributed by atoms with Gasteiger partial charge in [-0.15, -0.1) is 0 Å². The molecule has 2 aliphatic carbocycles. The van der Waals surface area contributed by atoms with Crippen molar-refractivity contribution in [2.24, 2.45) is 11.8 Å². The summed E-state index contributed by atoms with van der Waals surface area (Å²) in [7, 11) is 0. The van der Waals surface area contributed by atoms with E-state index in [0.29, 0.717) is 0 Å². The first-order chi connectivity index (χ1) is 7.45. The Morgan fingerprint density at radius 3 is 1.47 bits per heavy atom. The number of rotatable bonds is 6. The lowest BCUT2D eigenvalue weighted by Crippen LogP contribution is -2.05. The summed E-state index contributed by atoms with van der Waals surface area (Å²) in [5.41, 5.74) is 0. The van der Waals surface area contributed by atoms with Crippen LogP contribution < -0.4 is 0 Å². The molecule has 0 atom stereocenters. The highest BCUT2D eigenvalue weighted by Crippen LogP contribution is 2.28. The van der Waals surface area contributed by atoms with Crippen LogP contribution in [-0.4, -0.2) is 13.2 Å². The first kappa shape index (κ1) is 11.4. The Balaban J connectivity index is 1.41. The normalized spacial score (nSPS) is 24.0. The molecule has 0 aromatic heterocycles. The molecule has 0 saturated heterocycles. The highest BCUT2D eigenvalue weighted by atomic mass is 16.5. The third-order valence-corrected chi connectivity index (χ3v) is 4.29. The van der Waals surface area contributed by atoms with E-state index in [-0.39, 0.29) is 0 Å². The standard InChI is InChI=1S/C14H26O/c1-2-6-13(5-1)9-11-15-12-10-14-7-3-4-8-14/h13-14H,1-12H2. The van der Waals surface area contributed by atoms with Crippen molar-refractivity contribution >= 4 is 0 Å². The van der Waals surface area contributed by atoms with Crippen molar-refractivity contribution in [3.8, 4) is 0 Å². The largest absolute Gasteiger partial charge is 0.381 e. The van der Waals surface area contributed by atoms with E-state index in [1.807, 2.05) is 0 Å². The molecule has 0 unspecified atom stereocenters. The van der Waals surface area contributed by atoms with Crippen molar-refractivity contribution in [1.29, 1.82) is 0 Å². The lowest BCUT2D eigenvalue weighted by atomic mass is 10.0. The van der Waals surface area contributed by atoms with Gasteiger partial charge in [-0.25, -0.2) is 0 Å². The summed E-state index contributed by atoms with van der Waals surface area (Å²) in [5.74, 6) is 1.99. The van der Waals surface area contributed by atoms with Gasteiger partial charge >= 0.3 is 0 Å². The van der Waals surface area contributed by atoms with E-state index < -0.39 is 0 Å². The third kappa shape index (κ3) is 4.14. The number of hydrogen-bond acceptors (Lipinski definition) is 1. The lowest BCUT2D eigenvalue weighted by molar-refractivity contribution is 0.108. The molecule has 0 aromatic rings. The first-order valence-electron chi connectivity index (χ1n) is 7.03. The minimum atomic E-state index is 0.997. The van der Waals surface area contributed by atoms with E-state index in [4.69, 9.17) is 4.74 Å². The van der Waals surface area contributed by atoms with Crippen LogP contribution in [0.3, 0.4) is 0 Å². The second kappa shape index (κ2) is 6.52. The second-order valence-electron chi connectivity index (χ2n) is 5.49. The zero-order valence-corrected chi connectivity index (χ0v) is 10.0. The van der Waals surface area contributed by atoms with Gasteiger partial charge in [0.05, 0.1) is 0 Å². The Hall–Kier alpha value is -0.0400. The van der Waals surface area contributed by atoms with Gasteiger partial charge in [-0.3, -0.25) is 0 Å². The van der Waals surface area contributed by atoms with Gasteiger partial charge in [0.15, 0.2) is 0 Å². The maximum absolute atomic E-state index is 5.76. The van der Waals surface area contributed by atoms with Crippen molar-refractivity contribution in [2.45, 2.75) is 64.2 Å². The smallest absolute Gasteiger partial charge is 0.0468 e. The molecule has 0 radical (unpaired) electrons. The molecule has 0 aliphatic heterocycles. The van der Waals surface area contributed by atoms with E-state index in [0.717, 1.165) is 25.0 Å². The van der Waals surface area contributed by atoms with Gasteiger partial charge < -0.3 is 4.74 Å². The lowest BCUT2D eigenvalue weighted by Gasteiger charge is -2.11. The van der Waals surface area contributed by atoms with Gasteiger partial charge in [-0.05, 0) is 24.7 Å². The Kier molecular flexibility index (Phi) is 4.98. The Labute approximate surface area is 94.6 Å². The zero-order chi connectivity index (χ0) is 10.3. The fraction of sp³-hybridized carbons (Fsp3) is 1.00. The Morgan fingerprint density at radius 2 is 1.07 bits per heavy atom. The van der Waals surface area contributed by atoms with Crippen LogP contribution in [0.25, 0.3) is 0 Å². The zero-order valence-electron chi connectivity index (χ0n) is 10.0. The molecule has 0 amide bonds. The summed E-state index contributed by atoms with van der Waals surface area (Å²) < 4.78 is 5.76. The van der Waals surface area contributed by atoms with E-state index >= 15 is 0 Å². The SMILES string of the molecule is C1CCC(CCOCCC2CCCC2)C1. The summed E-state index contributed by atoms with van der Waals surface area (Å²) in [5, 5.41) is 0. The van der Waals surface area contributed by atoms with E-state index in [1.54, 1.807) is 0 Å². The molecule has 0 spiro atoms. The molecule has 2 fully saturated rings. The minimum absolute atomic E-state index is 0.997. The second-order valence-corrected chi connectivity index (χ2v) is 5.49. The molecular weight excluding hydrogens is 184 g/mol. The summed E-state index contributed by atoms with van der Waals surface area (Å²) in [4.78, 5) is 0. The maximum Gasteiger partial charge on any atom is 0.0468 e. The summed E-state index contributed by atoms with van der Waals surface area (Å²) in [6.07, 6.45) is 14.4. The summed E-state index contributed by atoms with van der Waals surface area (Å²) in [6.45, 7) is 2.05. The topological polar surface area (TPSA) is 9.23 Å². The van der Waals surface area contributed by atoms with Crippen LogP contribution >= 0.6 is 0 Å². The molecule has 0 aromatic carbocycles. The Bertz CT molecular complexity index is 137. The molecule has 1 nitrogen and oxygen atoms in total. The quantitative estimate of drug-likeness (QED) is 0.598. The van der Waals surface area contributed by atoms with E-state index in [1.165, 1.54) is 64.2 Å². The van der Waals surface area contributed by atoms with Crippen LogP contribution in [-0.2, 0) is 4.74 Å². The molecular formula is C14H26O. The van der Waals surface area contributed by atoms with Gasteiger partial charge in [-0.1, -0.05) is 51.4 Å². The molecule has 1 heteroatoms. The highest BCUT2D eigenvalue weighted by Gasteiger charge is 2.16. The average molecular weight is 210 g/mol. The summed E-state index contributed by atoms with van der Waals surface area (Å²) >= 11 is 0. The first-order valence-corrected chi connectivity index (χ1v) is 7.03. The number of ether oxygens (including phenoxy) is 1. The predicted molar refractivity (Wildman–Crippen MR) is 64.0 cm³/mol. The van der Waals surface area contributed by atoms with Gasteiger partial charge in [0.1, 0.15) is 0 Å². The molecule has 15 heavy (non-hydrogen) atoms. The van der Waals surface area contributed by atoms with E-state index in [9.17, 15) is 0 Å². The van der Waals surface area contributed by atoms with Gasteiger partial charge in [0.2, 0.25) is 0 Å². The predicted octanol–water partition coefficient (Wildman–Crippen LogP) is 4.16. The Morgan fingerprint density at radius 1 is 0.667 bits per heavy atom. The molecule has 0 heterocycles. The number of hydrogen-bond donors (Lipinski definition) is 0. The van der Waals surface area contributed by atoms with Crippen LogP contribution in [0.15, 0.2) is 0 Å². The van der Waals surface area contributed by atoms with Crippen LogP contribution in [0.4, 0.5) is 0 Å². The molecule has 88 valence electrons. The van der Waals surface area contributed by atoms with Gasteiger partial charge in [0.25, 0.3) is 0 Å². The van der Waals surface area contributed by atoms with Crippen LogP contribution in [0.5, 0.6) is 0 Å². The van der Waals surface area contributed by atoms with Gasteiger partial charge in [-0.2, -0.15) is 0 Å². The van der Waals surface area contributed by atoms with Crippen LogP contribution in [0.1, 0.15) is 64.2 Å². The van der Waals surface area contributed by atoms with Crippen molar-refractivity contribution in [3.05, 3.63) is 0 Å². The van der Waals surface area contributed by atoms with Crippen LogP contribution in [0, 0.1) is 11.8 Å².